The van der Waals surface area contributed by atoms with Crippen LogP contribution in [-0.4, -0.2) is 6.18 Å². The molecule has 2 unspecified atom stereocenters. The Kier molecular flexibility index (Phi) is 4.87. The number of hydrogen-bond acceptors (Lipinski definition) is 0. The minimum absolute atomic E-state index is 0.417. The molecule has 1 rings (SSSR count). The predicted molar refractivity (Wildman–Crippen MR) is 64.4 cm³/mol. The molecule has 4 heteroatoms. The maximum atomic E-state index is 12.2. The monoisotopic (exact) mass is 264 g/mol. The van der Waals surface area contributed by atoms with Crippen molar-refractivity contribution < 1.29 is 13.2 Å². The highest BCUT2D eigenvalue weighted by Crippen LogP contribution is 2.34. The first-order valence-electron chi connectivity index (χ1n) is 5.64. The van der Waals surface area contributed by atoms with Gasteiger partial charge < -0.3 is 0 Å². The number of halogens is 4. The molecule has 0 spiro atoms. The van der Waals surface area contributed by atoms with Crippen molar-refractivity contribution in [3.8, 4) is 0 Å². The third-order valence-corrected chi connectivity index (χ3v) is 3.30. The van der Waals surface area contributed by atoms with Gasteiger partial charge in [-0.1, -0.05) is 38.1 Å². The van der Waals surface area contributed by atoms with Crippen LogP contribution in [0.25, 0.3) is 0 Å². The van der Waals surface area contributed by atoms with E-state index in [4.69, 9.17) is 11.6 Å². The maximum absolute atomic E-state index is 12.2. The lowest BCUT2D eigenvalue weighted by Gasteiger charge is -2.14. The van der Waals surface area contributed by atoms with E-state index in [2.05, 4.69) is 13.8 Å². The molecule has 2 atom stereocenters. The minimum atomic E-state index is -4.22. The van der Waals surface area contributed by atoms with Crippen LogP contribution in [0.2, 0.25) is 0 Å². The molecule has 1 aromatic carbocycles. The van der Waals surface area contributed by atoms with Gasteiger partial charge in [-0.05, 0) is 23.5 Å². The van der Waals surface area contributed by atoms with Gasteiger partial charge in [0.25, 0.3) is 0 Å². The van der Waals surface area contributed by atoms with E-state index in [1.54, 1.807) is 12.1 Å². The van der Waals surface area contributed by atoms with Gasteiger partial charge in [0.2, 0.25) is 0 Å². The molecule has 0 bridgehead atoms. The molecule has 0 fully saturated rings. The summed E-state index contributed by atoms with van der Waals surface area (Å²) in [5.74, 6) is 0.417. The molecule has 1 aromatic rings. The van der Waals surface area contributed by atoms with E-state index in [1.807, 2.05) is 12.1 Å². The van der Waals surface area contributed by atoms with Gasteiger partial charge in [0.1, 0.15) is 0 Å². The Bertz CT molecular complexity index is 343. The summed E-state index contributed by atoms with van der Waals surface area (Å²) in [6.45, 7) is 4.16. The summed E-state index contributed by atoms with van der Waals surface area (Å²) >= 11 is 5.74. The van der Waals surface area contributed by atoms with Gasteiger partial charge in [-0.3, -0.25) is 0 Å². The van der Waals surface area contributed by atoms with Crippen LogP contribution in [0.15, 0.2) is 24.3 Å². The van der Waals surface area contributed by atoms with Crippen LogP contribution in [0.4, 0.5) is 13.2 Å². The lowest BCUT2D eigenvalue weighted by Crippen LogP contribution is -2.10. The van der Waals surface area contributed by atoms with E-state index >= 15 is 0 Å². The molecule has 0 radical (unpaired) electrons. The Balaban J connectivity index is 2.74. The lowest BCUT2D eigenvalue weighted by molar-refractivity contribution is -0.134. The van der Waals surface area contributed by atoms with E-state index in [0.29, 0.717) is 11.5 Å². The second kappa shape index (κ2) is 5.76. The third-order valence-electron chi connectivity index (χ3n) is 2.89. The Morgan fingerprint density at radius 3 is 2.00 bits per heavy atom. The third kappa shape index (κ3) is 4.58. The fourth-order valence-corrected chi connectivity index (χ4v) is 1.91. The molecule has 0 saturated carbocycles. The van der Waals surface area contributed by atoms with E-state index < -0.39 is 18.0 Å². The average Bonchev–Trinajstić information content (AvgIpc) is 2.26. The first-order chi connectivity index (χ1) is 7.83. The molecule has 0 N–H and O–H groups in total. The largest absolute Gasteiger partial charge is 0.390 e. The van der Waals surface area contributed by atoms with Crippen LogP contribution in [-0.2, 0) is 0 Å². The van der Waals surface area contributed by atoms with Crippen LogP contribution in [0, 0.1) is 0 Å². The van der Waals surface area contributed by atoms with Crippen molar-refractivity contribution in [2.45, 2.75) is 44.2 Å². The fourth-order valence-electron chi connectivity index (χ4n) is 1.59. The number of alkyl halides is 4. The summed E-state index contributed by atoms with van der Waals surface area (Å²) in [4.78, 5) is 0. The zero-order chi connectivity index (χ0) is 13.1. The molecule has 0 nitrogen and oxygen atoms in total. The predicted octanol–water partition coefficient (Wildman–Crippen LogP) is 5.43. The summed E-state index contributed by atoms with van der Waals surface area (Å²) in [7, 11) is 0. The summed E-state index contributed by atoms with van der Waals surface area (Å²) in [6.07, 6.45) is -4.20. The van der Waals surface area contributed by atoms with Crippen molar-refractivity contribution in [2.75, 3.05) is 0 Å². The summed E-state index contributed by atoms with van der Waals surface area (Å²) in [5.41, 5.74) is 1.66. The van der Waals surface area contributed by atoms with Crippen LogP contribution < -0.4 is 0 Å². The quantitative estimate of drug-likeness (QED) is 0.636. The van der Waals surface area contributed by atoms with Crippen LogP contribution in [0.1, 0.15) is 49.1 Å². The second-order valence-electron chi connectivity index (χ2n) is 4.26. The van der Waals surface area contributed by atoms with Crippen molar-refractivity contribution >= 4 is 11.6 Å². The Morgan fingerprint density at radius 1 is 1.12 bits per heavy atom. The average molecular weight is 265 g/mol. The Hall–Kier alpha value is -0.700. The van der Waals surface area contributed by atoms with Crippen molar-refractivity contribution in [3.05, 3.63) is 35.4 Å². The van der Waals surface area contributed by atoms with Gasteiger partial charge in [-0.15, -0.1) is 11.6 Å². The molecule has 0 heterocycles. The highest BCUT2D eigenvalue weighted by atomic mass is 35.5. The van der Waals surface area contributed by atoms with Gasteiger partial charge in [0, 0.05) is 0 Å². The van der Waals surface area contributed by atoms with Crippen molar-refractivity contribution in [1.82, 2.24) is 0 Å². The molecule has 0 aliphatic heterocycles. The van der Waals surface area contributed by atoms with Crippen molar-refractivity contribution in [1.29, 1.82) is 0 Å². The smallest absolute Gasteiger partial charge is 0.171 e. The Morgan fingerprint density at radius 2 is 1.59 bits per heavy atom. The van der Waals surface area contributed by atoms with E-state index in [-0.39, 0.29) is 0 Å². The zero-order valence-corrected chi connectivity index (χ0v) is 10.6. The summed E-state index contributed by atoms with van der Waals surface area (Å²) < 4.78 is 36.5. The van der Waals surface area contributed by atoms with Crippen molar-refractivity contribution in [3.63, 3.8) is 0 Å². The topological polar surface area (TPSA) is 0 Å². The highest BCUT2D eigenvalue weighted by molar-refractivity contribution is 6.20. The maximum Gasteiger partial charge on any atom is 0.390 e. The van der Waals surface area contributed by atoms with Gasteiger partial charge in [0.05, 0.1) is 11.8 Å². The molecule has 0 aromatic heterocycles. The van der Waals surface area contributed by atoms with Gasteiger partial charge in [-0.2, -0.15) is 13.2 Å². The van der Waals surface area contributed by atoms with Gasteiger partial charge in [0.15, 0.2) is 0 Å². The molecule has 0 aliphatic carbocycles. The van der Waals surface area contributed by atoms with Crippen molar-refractivity contribution in [2.24, 2.45) is 0 Å². The van der Waals surface area contributed by atoms with Crippen LogP contribution in [0.5, 0.6) is 0 Å². The number of benzene rings is 1. The minimum Gasteiger partial charge on any atom is -0.171 e. The molecule has 17 heavy (non-hydrogen) atoms. The van der Waals surface area contributed by atoms with E-state index in [0.717, 1.165) is 12.0 Å². The van der Waals surface area contributed by atoms with Gasteiger partial charge >= 0.3 is 6.18 Å². The number of rotatable bonds is 4. The zero-order valence-electron chi connectivity index (χ0n) is 9.89. The van der Waals surface area contributed by atoms with E-state index in [1.165, 1.54) is 0 Å². The molecular formula is C13H16ClF3. The van der Waals surface area contributed by atoms with Crippen LogP contribution >= 0.6 is 11.6 Å². The standard InChI is InChI=1S/C13H16ClF3/c1-3-9(2)10-4-6-11(7-5-10)12(14)8-13(15,16)17/h4-7,9,12H,3,8H2,1-2H3. The molecule has 96 valence electrons. The summed E-state index contributed by atoms with van der Waals surface area (Å²) in [5, 5.41) is -0.999. The highest BCUT2D eigenvalue weighted by Gasteiger charge is 2.31. The van der Waals surface area contributed by atoms with Gasteiger partial charge in [-0.25, -0.2) is 0 Å². The second-order valence-corrected chi connectivity index (χ2v) is 4.79. The normalized spacial score (nSPS) is 15.6. The molecule has 0 saturated heterocycles. The first-order valence-corrected chi connectivity index (χ1v) is 6.07. The first kappa shape index (κ1) is 14.4. The number of hydrogen-bond donors (Lipinski definition) is 0. The molecule has 0 aliphatic rings. The van der Waals surface area contributed by atoms with E-state index in [9.17, 15) is 13.2 Å². The molecule has 0 amide bonds. The lowest BCUT2D eigenvalue weighted by atomic mass is 9.96. The molecular weight excluding hydrogens is 249 g/mol. The fraction of sp³-hybridized carbons (Fsp3) is 0.538. The Labute approximate surface area is 105 Å². The summed E-state index contributed by atoms with van der Waals surface area (Å²) in [6, 6.07) is 7.08. The van der Waals surface area contributed by atoms with Crippen LogP contribution in [0.3, 0.4) is 0 Å². The SMILES string of the molecule is CCC(C)c1ccc(C(Cl)CC(F)(F)F)cc1.